The molecule has 7 heteroatoms. The quantitative estimate of drug-likeness (QED) is 0.731. The number of fused-ring (bicyclic) bond motifs is 1. The zero-order valence-corrected chi connectivity index (χ0v) is 15.6. The van der Waals surface area contributed by atoms with E-state index in [9.17, 15) is 4.79 Å². The Morgan fingerprint density at radius 1 is 1.50 bits per heavy atom. The van der Waals surface area contributed by atoms with E-state index < -0.39 is 11.7 Å². The molecule has 2 unspecified atom stereocenters. The third-order valence-electron chi connectivity index (χ3n) is 4.14. The Kier molecular flexibility index (Phi) is 4.47. The number of halogens is 1. The topological polar surface area (TPSA) is 76.7 Å². The lowest BCUT2D eigenvalue weighted by Crippen LogP contribution is -2.35. The largest absolute Gasteiger partial charge is 0.444 e. The lowest BCUT2D eigenvalue weighted by molar-refractivity contribution is 0.0564. The van der Waals surface area contributed by atoms with Gasteiger partial charge in [0, 0.05) is 22.0 Å². The molecule has 3 N–H and O–H groups in total. The van der Waals surface area contributed by atoms with Gasteiger partial charge >= 0.3 is 6.09 Å². The van der Waals surface area contributed by atoms with Gasteiger partial charge in [-0.25, -0.2) is 4.79 Å². The Bertz CT molecular complexity index is 702. The van der Waals surface area contributed by atoms with Crippen molar-refractivity contribution in [3.8, 4) is 0 Å². The summed E-state index contributed by atoms with van der Waals surface area (Å²) in [7, 11) is 0. The molecule has 2 aliphatic rings. The maximum atomic E-state index is 12.0. The van der Waals surface area contributed by atoms with E-state index in [1.54, 1.807) is 6.07 Å². The predicted molar refractivity (Wildman–Crippen MR) is 99.5 cm³/mol. The van der Waals surface area contributed by atoms with E-state index in [-0.39, 0.29) is 5.54 Å². The van der Waals surface area contributed by atoms with Gasteiger partial charge in [0.05, 0.1) is 5.54 Å². The van der Waals surface area contributed by atoms with E-state index in [0.29, 0.717) is 21.8 Å². The van der Waals surface area contributed by atoms with E-state index in [4.69, 9.17) is 27.1 Å². The van der Waals surface area contributed by atoms with Crippen LogP contribution in [0.5, 0.6) is 0 Å². The van der Waals surface area contributed by atoms with Crippen LogP contribution in [-0.2, 0) is 10.3 Å². The van der Waals surface area contributed by atoms with Crippen molar-refractivity contribution in [1.82, 2.24) is 5.32 Å². The van der Waals surface area contributed by atoms with Crippen LogP contribution in [0, 0.1) is 5.92 Å². The molecular formula is C17H22ClN3O2S. The number of nitrogens with zero attached hydrogens (tertiary/aromatic N) is 1. The van der Waals surface area contributed by atoms with Gasteiger partial charge in [-0.2, -0.15) is 0 Å². The van der Waals surface area contributed by atoms with Crippen molar-refractivity contribution in [1.29, 1.82) is 0 Å². The summed E-state index contributed by atoms with van der Waals surface area (Å²) in [6.07, 6.45) is 1.47. The van der Waals surface area contributed by atoms with Crippen LogP contribution in [0.2, 0.25) is 5.02 Å². The highest BCUT2D eigenvalue weighted by molar-refractivity contribution is 8.13. The first-order chi connectivity index (χ1) is 11.2. The fourth-order valence-corrected chi connectivity index (χ4v) is 4.29. The maximum absolute atomic E-state index is 12.0. The summed E-state index contributed by atoms with van der Waals surface area (Å²) >= 11 is 7.94. The highest BCUT2D eigenvalue weighted by Gasteiger charge is 2.57. The number of amidine groups is 1. The van der Waals surface area contributed by atoms with Gasteiger partial charge in [0.15, 0.2) is 5.17 Å². The number of thioether (sulfide) groups is 1. The molecular weight excluding hydrogens is 346 g/mol. The molecule has 1 aliphatic carbocycles. The Morgan fingerprint density at radius 3 is 2.96 bits per heavy atom. The number of anilines is 1. The highest BCUT2D eigenvalue weighted by atomic mass is 35.5. The standard InChI is InChI=1S/C17H22ClN3O2S/c1-16(2,3)23-15(22)20-14-21-17(9-10(17)6-7-24-14)12-8-11(19)4-5-13(12)18/h4-5,8,10H,6-7,9,19H2,1-3H3,(H,20,21,22). The van der Waals surface area contributed by atoms with Crippen molar-refractivity contribution < 1.29 is 9.53 Å². The Morgan fingerprint density at radius 2 is 2.25 bits per heavy atom. The van der Waals surface area contributed by atoms with Crippen LogP contribution in [-0.4, -0.2) is 22.6 Å². The number of hydrogen-bond donors (Lipinski definition) is 2. The fraction of sp³-hybridized carbons (Fsp3) is 0.529. The number of aliphatic imine (C=N–C) groups is 1. The fourth-order valence-electron chi connectivity index (χ4n) is 3.03. The summed E-state index contributed by atoms with van der Waals surface area (Å²) in [5.41, 5.74) is 6.63. The minimum atomic E-state index is -0.545. The van der Waals surface area contributed by atoms with Crippen molar-refractivity contribution in [2.24, 2.45) is 10.9 Å². The normalized spacial score (nSPS) is 26.0. The van der Waals surface area contributed by atoms with Crippen LogP contribution >= 0.6 is 23.4 Å². The van der Waals surface area contributed by atoms with Crippen molar-refractivity contribution in [2.75, 3.05) is 11.5 Å². The lowest BCUT2D eigenvalue weighted by Gasteiger charge is -2.20. The van der Waals surface area contributed by atoms with Gasteiger partial charge in [-0.3, -0.25) is 10.3 Å². The summed E-state index contributed by atoms with van der Waals surface area (Å²) in [5, 5.41) is 4.03. The Labute approximate surface area is 151 Å². The number of ether oxygens (including phenoxy) is 1. The third-order valence-corrected chi connectivity index (χ3v) is 5.38. The monoisotopic (exact) mass is 367 g/mol. The maximum Gasteiger partial charge on any atom is 0.413 e. The molecule has 1 amide bonds. The molecule has 1 aliphatic heterocycles. The molecule has 0 aromatic heterocycles. The molecule has 1 aromatic carbocycles. The summed E-state index contributed by atoms with van der Waals surface area (Å²) in [5.74, 6) is 1.34. The molecule has 1 saturated carbocycles. The predicted octanol–water partition coefficient (Wildman–Crippen LogP) is 4.16. The van der Waals surface area contributed by atoms with Gasteiger partial charge in [-0.05, 0) is 57.7 Å². The molecule has 5 nitrogen and oxygen atoms in total. The molecule has 0 radical (unpaired) electrons. The van der Waals surface area contributed by atoms with E-state index in [2.05, 4.69) is 5.32 Å². The summed E-state index contributed by atoms with van der Waals surface area (Å²) in [4.78, 5) is 16.9. The molecule has 130 valence electrons. The second-order valence-corrected chi connectivity index (χ2v) is 8.74. The number of nitrogens with two attached hydrogens (primary N) is 1. The first-order valence-corrected chi connectivity index (χ1v) is 9.34. The average molecular weight is 368 g/mol. The number of alkyl carbamates (subject to hydrolysis) is 1. The van der Waals surface area contributed by atoms with E-state index in [0.717, 1.165) is 24.2 Å². The highest BCUT2D eigenvalue weighted by Crippen LogP contribution is 2.60. The molecule has 24 heavy (non-hydrogen) atoms. The molecule has 1 aromatic rings. The van der Waals surface area contributed by atoms with Crippen LogP contribution in [0.4, 0.5) is 10.5 Å². The molecule has 1 heterocycles. The van der Waals surface area contributed by atoms with Crippen LogP contribution in [0.1, 0.15) is 39.2 Å². The summed E-state index contributed by atoms with van der Waals surface area (Å²) in [6, 6.07) is 5.49. The Hall–Kier alpha value is -1.40. The van der Waals surface area contributed by atoms with E-state index in [1.807, 2.05) is 32.9 Å². The van der Waals surface area contributed by atoms with Crippen molar-refractivity contribution >= 4 is 40.3 Å². The zero-order chi connectivity index (χ0) is 17.5. The van der Waals surface area contributed by atoms with Gasteiger partial charge in [0.1, 0.15) is 5.60 Å². The first-order valence-electron chi connectivity index (χ1n) is 7.98. The van der Waals surface area contributed by atoms with Crippen LogP contribution in [0.3, 0.4) is 0 Å². The number of rotatable bonds is 1. The van der Waals surface area contributed by atoms with Crippen LogP contribution in [0.15, 0.2) is 23.2 Å². The molecule has 0 bridgehead atoms. The van der Waals surface area contributed by atoms with Gasteiger partial charge < -0.3 is 10.5 Å². The number of carbonyl (C=O) groups is 1. The van der Waals surface area contributed by atoms with E-state index >= 15 is 0 Å². The van der Waals surface area contributed by atoms with Crippen molar-refractivity contribution in [3.05, 3.63) is 28.8 Å². The molecule has 0 spiro atoms. The smallest absolute Gasteiger partial charge is 0.413 e. The molecule has 3 rings (SSSR count). The molecule has 0 saturated heterocycles. The third kappa shape index (κ3) is 3.64. The first kappa shape index (κ1) is 17.4. The van der Waals surface area contributed by atoms with Gasteiger partial charge in [0.25, 0.3) is 0 Å². The zero-order valence-electron chi connectivity index (χ0n) is 14.1. The van der Waals surface area contributed by atoms with Gasteiger partial charge in [-0.15, -0.1) is 0 Å². The number of benzene rings is 1. The molecule has 2 atom stereocenters. The molecule has 1 fully saturated rings. The van der Waals surface area contributed by atoms with E-state index in [1.165, 1.54) is 11.8 Å². The van der Waals surface area contributed by atoms with Gasteiger partial charge in [-0.1, -0.05) is 23.4 Å². The van der Waals surface area contributed by atoms with Gasteiger partial charge in [0.2, 0.25) is 0 Å². The SMILES string of the molecule is CC(C)(C)OC(=O)NC1=NC2(c3cc(N)ccc3Cl)CC2CCS1. The van der Waals surface area contributed by atoms with Crippen molar-refractivity contribution in [2.45, 2.75) is 44.8 Å². The van der Waals surface area contributed by atoms with Crippen LogP contribution < -0.4 is 11.1 Å². The lowest BCUT2D eigenvalue weighted by atomic mass is 10.0. The number of nitrogen functional groups attached to an aromatic ring is 1. The second kappa shape index (κ2) is 6.15. The minimum Gasteiger partial charge on any atom is -0.444 e. The van der Waals surface area contributed by atoms with Crippen LogP contribution in [0.25, 0.3) is 0 Å². The summed E-state index contributed by atoms with van der Waals surface area (Å²) < 4.78 is 5.32. The minimum absolute atomic E-state index is 0.375. The number of amides is 1. The Balaban J connectivity index is 1.86. The average Bonchev–Trinajstić information content (AvgIpc) is 3.14. The summed E-state index contributed by atoms with van der Waals surface area (Å²) in [6.45, 7) is 5.50. The number of nitrogens with one attached hydrogen (secondary N) is 1. The number of carbonyl (C=O) groups excluding carboxylic acids is 1. The second-order valence-electron chi connectivity index (χ2n) is 7.25. The van der Waals surface area contributed by atoms with Crippen molar-refractivity contribution in [3.63, 3.8) is 0 Å². The number of hydrogen-bond acceptors (Lipinski definition) is 5.